The van der Waals surface area contributed by atoms with Crippen molar-refractivity contribution in [2.45, 2.75) is 44.9 Å². The van der Waals surface area contributed by atoms with Gasteiger partial charge in [0.25, 0.3) is 0 Å². The molecule has 1 heterocycles. The van der Waals surface area contributed by atoms with Crippen LogP contribution < -0.4 is 9.64 Å². The number of carboxylic acids is 1. The van der Waals surface area contributed by atoms with Crippen LogP contribution >= 0.6 is 0 Å². The molecule has 6 nitrogen and oxygen atoms in total. The lowest BCUT2D eigenvalue weighted by Crippen LogP contribution is -2.23. The quantitative estimate of drug-likeness (QED) is 0.414. The lowest BCUT2D eigenvalue weighted by atomic mass is 9.98. The van der Waals surface area contributed by atoms with Gasteiger partial charge in [0.1, 0.15) is 5.75 Å². The van der Waals surface area contributed by atoms with Gasteiger partial charge in [0, 0.05) is 19.2 Å². The molecule has 0 radical (unpaired) electrons. The van der Waals surface area contributed by atoms with Crippen molar-refractivity contribution in [3.63, 3.8) is 0 Å². The molecule has 0 fully saturated rings. The highest BCUT2D eigenvalue weighted by Gasteiger charge is 2.24. The van der Waals surface area contributed by atoms with Gasteiger partial charge in [0.15, 0.2) is 17.5 Å². The van der Waals surface area contributed by atoms with E-state index in [1.165, 1.54) is 17.3 Å². The number of halogens is 1. The second-order valence-corrected chi connectivity index (χ2v) is 8.73. The van der Waals surface area contributed by atoms with Crippen molar-refractivity contribution in [2.24, 2.45) is 0 Å². The van der Waals surface area contributed by atoms with Crippen LogP contribution in [0.15, 0.2) is 48.7 Å². The van der Waals surface area contributed by atoms with Gasteiger partial charge < -0.3 is 14.7 Å². The predicted molar refractivity (Wildman–Crippen MR) is 130 cm³/mol. The van der Waals surface area contributed by atoms with E-state index in [2.05, 4.69) is 16.9 Å². The summed E-state index contributed by atoms with van der Waals surface area (Å²) in [6.45, 7) is 3.16. The molecule has 178 valence electrons. The number of anilines is 1. The van der Waals surface area contributed by atoms with Gasteiger partial charge in [-0.2, -0.15) is 0 Å². The summed E-state index contributed by atoms with van der Waals surface area (Å²) in [5, 5.41) is 9.07. The van der Waals surface area contributed by atoms with E-state index >= 15 is 0 Å². The molecular formula is C27H30FN3O3. The fraction of sp³-hybridized carbons (Fsp3) is 0.370. The van der Waals surface area contributed by atoms with Crippen LogP contribution in [-0.4, -0.2) is 41.2 Å². The molecule has 0 aliphatic heterocycles. The van der Waals surface area contributed by atoms with E-state index in [4.69, 9.17) is 9.84 Å². The minimum absolute atomic E-state index is 0.0902. The van der Waals surface area contributed by atoms with E-state index < -0.39 is 11.8 Å². The predicted octanol–water partition coefficient (Wildman–Crippen LogP) is 5.25. The number of aryl methyl sites for hydroxylation is 2. The lowest BCUT2D eigenvalue weighted by Gasteiger charge is -2.19. The van der Waals surface area contributed by atoms with Gasteiger partial charge in [-0.15, -0.1) is 0 Å². The fourth-order valence-electron chi connectivity index (χ4n) is 4.45. The van der Waals surface area contributed by atoms with Gasteiger partial charge in [0.2, 0.25) is 0 Å². The Bertz CT molecular complexity index is 1150. The Kier molecular flexibility index (Phi) is 7.40. The number of carboxylic acid groups (broad SMARTS) is 1. The summed E-state index contributed by atoms with van der Waals surface area (Å²) < 4.78 is 20.3. The summed E-state index contributed by atoms with van der Waals surface area (Å²) in [6.07, 6.45) is 4.79. The van der Waals surface area contributed by atoms with Crippen LogP contribution in [0.5, 0.6) is 5.75 Å². The first kappa shape index (κ1) is 23.7. The number of aromatic nitrogens is 2. The maximum absolute atomic E-state index is 14.4. The summed E-state index contributed by atoms with van der Waals surface area (Å²) >= 11 is 0. The molecule has 34 heavy (non-hydrogen) atoms. The van der Waals surface area contributed by atoms with E-state index in [0.29, 0.717) is 25.4 Å². The zero-order valence-electron chi connectivity index (χ0n) is 19.6. The molecule has 0 unspecified atom stereocenters. The molecule has 1 atom stereocenters. The average Bonchev–Trinajstić information content (AvgIpc) is 3.23. The third-order valence-corrected chi connectivity index (χ3v) is 6.35. The highest BCUT2D eigenvalue weighted by molar-refractivity contribution is 5.68. The molecule has 3 aromatic rings. The third kappa shape index (κ3) is 5.53. The standard InChI is InChI=1S/C27H30FN3O3/c1-3-18-5-7-19(8-6-18)26-29-17-24(28)27(30-26)31(2)13-4-14-34-22-11-12-23-20(15-22)9-10-21(23)16-25(32)33/h5-8,11-12,15,17,21H,3-4,9-10,13-14,16H2,1-2H3,(H,32,33)/t21-/m0/s1. The van der Waals surface area contributed by atoms with Crippen LogP contribution in [0, 0.1) is 5.82 Å². The topological polar surface area (TPSA) is 75.6 Å². The number of aliphatic carboxylic acids is 1. The van der Waals surface area contributed by atoms with Crippen LogP contribution in [0.1, 0.15) is 48.8 Å². The molecular weight excluding hydrogens is 433 g/mol. The number of benzene rings is 2. The van der Waals surface area contributed by atoms with Crippen molar-refractivity contribution in [3.05, 3.63) is 71.2 Å². The monoisotopic (exact) mass is 463 g/mol. The lowest BCUT2D eigenvalue weighted by molar-refractivity contribution is -0.137. The summed E-state index contributed by atoms with van der Waals surface area (Å²) in [5.41, 5.74) is 4.38. The second kappa shape index (κ2) is 10.6. The van der Waals surface area contributed by atoms with Crippen LogP contribution in [0.3, 0.4) is 0 Å². The second-order valence-electron chi connectivity index (χ2n) is 8.73. The minimum Gasteiger partial charge on any atom is -0.494 e. The molecule has 0 spiro atoms. The number of nitrogens with zero attached hydrogens (tertiary/aromatic N) is 3. The molecule has 2 aromatic carbocycles. The van der Waals surface area contributed by atoms with Crippen molar-refractivity contribution < 1.29 is 19.0 Å². The first-order valence-electron chi connectivity index (χ1n) is 11.7. The molecule has 1 N–H and O–H groups in total. The Morgan fingerprint density at radius 1 is 1.24 bits per heavy atom. The average molecular weight is 464 g/mol. The van der Waals surface area contributed by atoms with Gasteiger partial charge in [-0.1, -0.05) is 37.3 Å². The van der Waals surface area contributed by atoms with Crippen molar-refractivity contribution in [2.75, 3.05) is 25.1 Å². The van der Waals surface area contributed by atoms with Crippen LogP contribution in [-0.2, 0) is 17.6 Å². The van der Waals surface area contributed by atoms with E-state index in [0.717, 1.165) is 36.1 Å². The molecule has 1 aliphatic carbocycles. The summed E-state index contributed by atoms with van der Waals surface area (Å²) in [5.74, 6) is 0.430. The van der Waals surface area contributed by atoms with Gasteiger partial charge in [0.05, 0.1) is 19.2 Å². The van der Waals surface area contributed by atoms with Crippen LogP contribution in [0.2, 0.25) is 0 Å². The third-order valence-electron chi connectivity index (χ3n) is 6.35. The molecule has 4 rings (SSSR count). The summed E-state index contributed by atoms with van der Waals surface area (Å²) in [6, 6.07) is 13.9. The highest BCUT2D eigenvalue weighted by atomic mass is 19.1. The van der Waals surface area contributed by atoms with E-state index in [-0.39, 0.29) is 18.2 Å². The Morgan fingerprint density at radius 2 is 2.03 bits per heavy atom. The Hall–Kier alpha value is -3.48. The van der Waals surface area contributed by atoms with Crippen molar-refractivity contribution in [3.8, 4) is 17.1 Å². The van der Waals surface area contributed by atoms with Crippen molar-refractivity contribution in [1.82, 2.24) is 9.97 Å². The normalized spacial score (nSPS) is 14.6. The minimum atomic E-state index is -0.760. The van der Waals surface area contributed by atoms with E-state index in [9.17, 15) is 9.18 Å². The number of hydrogen-bond acceptors (Lipinski definition) is 5. The SMILES string of the molecule is CCc1ccc(-c2ncc(F)c(N(C)CCCOc3ccc4c(c3)CC[C@H]4CC(=O)O)n2)cc1. The van der Waals surface area contributed by atoms with Gasteiger partial charge in [-0.25, -0.2) is 14.4 Å². The maximum Gasteiger partial charge on any atom is 0.303 e. The zero-order chi connectivity index (χ0) is 24.1. The molecule has 0 amide bonds. The number of hydrogen-bond donors (Lipinski definition) is 1. The first-order chi connectivity index (χ1) is 16.4. The number of carbonyl (C=O) groups is 1. The Morgan fingerprint density at radius 3 is 2.76 bits per heavy atom. The maximum atomic E-state index is 14.4. The van der Waals surface area contributed by atoms with Crippen molar-refractivity contribution >= 4 is 11.8 Å². The first-order valence-corrected chi connectivity index (χ1v) is 11.7. The van der Waals surface area contributed by atoms with Crippen LogP contribution in [0.25, 0.3) is 11.4 Å². The number of rotatable bonds is 10. The zero-order valence-corrected chi connectivity index (χ0v) is 19.6. The molecule has 0 saturated heterocycles. The molecule has 1 aromatic heterocycles. The van der Waals surface area contributed by atoms with E-state index in [1.54, 1.807) is 4.90 Å². The number of fused-ring (bicyclic) bond motifs is 1. The largest absolute Gasteiger partial charge is 0.494 e. The Balaban J connectivity index is 1.32. The van der Waals surface area contributed by atoms with Gasteiger partial charge >= 0.3 is 5.97 Å². The molecule has 7 heteroatoms. The smallest absolute Gasteiger partial charge is 0.303 e. The van der Waals surface area contributed by atoms with Crippen molar-refractivity contribution in [1.29, 1.82) is 0 Å². The highest BCUT2D eigenvalue weighted by Crippen LogP contribution is 2.37. The molecule has 0 saturated carbocycles. The van der Waals surface area contributed by atoms with Crippen LogP contribution in [0.4, 0.5) is 10.2 Å². The van der Waals surface area contributed by atoms with Gasteiger partial charge in [-0.3, -0.25) is 4.79 Å². The number of ether oxygens (including phenoxy) is 1. The molecule has 0 bridgehead atoms. The fourth-order valence-corrected chi connectivity index (χ4v) is 4.45. The van der Waals surface area contributed by atoms with E-state index in [1.807, 2.05) is 49.5 Å². The van der Waals surface area contributed by atoms with Gasteiger partial charge in [-0.05, 0) is 60.4 Å². The molecule has 1 aliphatic rings. The summed E-state index contributed by atoms with van der Waals surface area (Å²) in [4.78, 5) is 21.4. The Labute approximate surface area is 199 Å². The summed E-state index contributed by atoms with van der Waals surface area (Å²) in [7, 11) is 1.81.